The van der Waals surface area contributed by atoms with Crippen LogP contribution in [0.1, 0.15) is 40.9 Å². The highest BCUT2D eigenvalue weighted by atomic mass is 16.5. The van der Waals surface area contributed by atoms with Crippen LogP contribution >= 0.6 is 0 Å². The number of furan rings is 1. The van der Waals surface area contributed by atoms with E-state index < -0.39 is 0 Å². The average Bonchev–Trinajstić information content (AvgIpc) is 3.20. The molecular formula is C27H30N2O4. The van der Waals surface area contributed by atoms with E-state index in [9.17, 15) is 9.59 Å². The third-order valence-corrected chi connectivity index (χ3v) is 6.44. The zero-order chi connectivity index (χ0) is 23.7. The maximum atomic E-state index is 13.0. The molecule has 0 aliphatic carbocycles. The van der Waals surface area contributed by atoms with Crippen molar-refractivity contribution in [2.45, 2.75) is 27.7 Å². The maximum absolute atomic E-state index is 13.0. The molecule has 1 aliphatic rings. The van der Waals surface area contributed by atoms with Crippen molar-refractivity contribution in [3.8, 4) is 5.75 Å². The molecule has 2 heterocycles. The number of carbonyl (C=O) groups excluding carboxylic acids is 2. The summed E-state index contributed by atoms with van der Waals surface area (Å²) in [7, 11) is 1.64. The lowest BCUT2D eigenvalue weighted by molar-refractivity contribution is -0.126. The fourth-order valence-electron chi connectivity index (χ4n) is 4.44. The van der Waals surface area contributed by atoms with E-state index >= 15 is 0 Å². The summed E-state index contributed by atoms with van der Waals surface area (Å²) in [6, 6.07) is 9.70. The number of nitrogens with zero attached hydrogens (tertiary/aromatic N) is 2. The molecule has 0 spiro atoms. The van der Waals surface area contributed by atoms with E-state index in [1.54, 1.807) is 26.4 Å². The summed E-state index contributed by atoms with van der Waals surface area (Å²) in [5.41, 5.74) is 6.37. The first kappa shape index (κ1) is 22.6. The molecule has 6 heteroatoms. The van der Waals surface area contributed by atoms with E-state index in [4.69, 9.17) is 9.15 Å². The molecule has 1 fully saturated rings. The minimum Gasteiger partial charge on any atom is -0.496 e. The second-order valence-electron chi connectivity index (χ2n) is 8.62. The topological polar surface area (TPSA) is 63.0 Å². The lowest BCUT2D eigenvalue weighted by atomic mass is 9.98. The van der Waals surface area contributed by atoms with Crippen molar-refractivity contribution in [1.82, 2.24) is 4.90 Å². The normalized spacial score (nSPS) is 14.6. The molecule has 2 aromatic carbocycles. The number of piperazine rings is 1. The van der Waals surface area contributed by atoms with E-state index in [2.05, 4.69) is 4.90 Å². The number of ether oxygens (including phenoxy) is 1. The van der Waals surface area contributed by atoms with Gasteiger partial charge in [-0.25, -0.2) is 0 Å². The van der Waals surface area contributed by atoms with Gasteiger partial charge in [-0.2, -0.15) is 0 Å². The summed E-state index contributed by atoms with van der Waals surface area (Å²) in [5.74, 6) is 0.799. The van der Waals surface area contributed by atoms with Crippen LogP contribution in [0.25, 0.3) is 16.5 Å². The molecule has 1 aromatic heterocycles. The van der Waals surface area contributed by atoms with Crippen LogP contribution in [0.4, 0.5) is 5.69 Å². The van der Waals surface area contributed by atoms with Gasteiger partial charge in [0.25, 0.3) is 0 Å². The fraction of sp³-hybridized carbons (Fsp3) is 0.333. The lowest BCUT2D eigenvalue weighted by Crippen LogP contribution is -2.48. The largest absolute Gasteiger partial charge is 0.496 e. The van der Waals surface area contributed by atoms with Crippen molar-refractivity contribution < 1.29 is 18.7 Å². The lowest BCUT2D eigenvalue weighted by Gasteiger charge is -2.35. The Morgan fingerprint density at radius 2 is 1.70 bits per heavy atom. The second kappa shape index (κ2) is 9.14. The van der Waals surface area contributed by atoms with Gasteiger partial charge in [-0.1, -0.05) is 0 Å². The highest BCUT2D eigenvalue weighted by Gasteiger charge is 2.22. The van der Waals surface area contributed by atoms with Gasteiger partial charge in [0.05, 0.1) is 13.4 Å². The van der Waals surface area contributed by atoms with Gasteiger partial charge in [0.15, 0.2) is 5.78 Å². The van der Waals surface area contributed by atoms with Crippen LogP contribution in [-0.2, 0) is 4.79 Å². The van der Waals surface area contributed by atoms with Gasteiger partial charge >= 0.3 is 0 Å². The number of ketones is 1. The molecule has 1 saturated heterocycles. The van der Waals surface area contributed by atoms with Crippen LogP contribution < -0.4 is 9.64 Å². The predicted molar refractivity (Wildman–Crippen MR) is 131 cm³/mol. The van der Waals surface area contributed by atoms with Gasteiger partial charge in [-0.15, -0.1) is 0 Å². The summed E-state index contributed by atoms with van der Waals surface area (Å²) in [6.45, 7) is 10.3. The molecular weight excluding hydrogens is 416 g/mol. The van der Waals surface area contributed by atoms with Gasteiger partial charge in [-0.05, 0) is 69.2 Å². The number of amides is 1. The van der Waals surface area contributed by atoms with Gasteiger partial charge < -0.3 is 19.0 Å². The van der Waals surface area contributed by atoms with E-state index in [1.165, 1.54) is 0 Å². The third kappa shape index (κ3) is 4.38. The Bertz CT molecular complexity index is 1230. The van der Waals surface area contributed by atoms with Crippen LogP contribution in [0.15, 0.2) is 47.1 Å². The van der Waals surface area contributed by atoms with Gasteiger partial charge in [0.2, 0.25) is 5.91 Å². The number of anilines is 1. The Hall–Kier alpha value is -3.54. The number of rotatable bonds is 5. The SMILES string of the molecule is COc1c(/C(C)=C/C(=O)N2CCN(c3ccc(C(C)=O)cc3)CC2)cc2c(C)coc2c1C. The molecule has 0 atom stereocenters. The predicted octanol–water partition coefficient (Wildman–Crippen LogP) is 5.01. The molecule has 33 heavy (non-hydrogen) atoms. The van der Waals surface area contributed by atoms with Gasteiger partial charge in [-0.3, -0.25) is 9.59 Å². The van der Waals surface area contributed by atoms with Crippen LogP contribution in [0.2, 0.25) is 0 Å². The van der Waals surface area contributed by atoms with Crippen molar-refractivity contribution in [1.29, 1.82) is 0 Å². The molecule has 0 bridgehead atoms. The van der Waals surface area contributed by atoms with Crippen LogP contribution in [-0.4, -0.2) is 49.9 Å². The number of methoxy groups -OCH3 is 1. The number of aryl methyl sites for hydroxylation is 2. The molecule has 0 unspecified atom stereocenters. The Balaban J connectivity index is 1.49. The summed E-state index contributed by atoms with van der Waals surface area (Å²) in [5, 5.41) is 1.04. The first-order chi connectivity index (χ1) is 15.8. The van der Waals surface area contributed by atoms with E-state index in [-0.39, 0.29) is 11.7 Å². The van der Waals surface area contributed by atoms with Crippen LogP contribution in [0.3, 0.4) is 0 Å². The minimum absolute atomic E-state index is 0.00259. The summed E-state index contributed by atoms with van der Waals surface area (Å²) >= 11 is 0. The van der Waals surface area contributed by atoms with E-state index in [1.807, 2.05) is 56.0 Å². The molecule has 0 N–H and O–H groups in total. The monoisotopic (exact) mass is 446 g/mol. The summed E-state index contributed by atoms with van der Waals surface area (Å²) in [4.78, 5) is 28.7. The molecule has 0 radical (unpaired) electrons. The van der Waals surface area contributed by atoms with Crippen molar-refractivity contribution in [2.75, 3.05) is 38.2 Å². The summed E-state index contributed by atoms with van der Waals surface area (Å²) < 4.78 is 11.4. The van der Waals surface area contributed by atoms with Gasteiger partial charge in [0.1, 0.15) is 11.3 Å². The van der Waals surface area contributed by atoms with Crippen molar-refractivity contribution >= 4 is 33.9 Å². The number of allylic oxidation sites excluding steroid dienone is 1. The summed E-state index contributed by atoms with van der Waals surface area (Å²) in [6.07, 6.45) is 3.45. The Morgan fingerprint density at radius 1 is 1.03 bits per heavy atom. The van der Waals surface area contributed by atoms with Gasteiger partial charge in [0, 0.05) is 60.0 Å². The zero-order valence-electron chi connectivity index (χ0n) is 19.9. The highest BCUT2D eigenvalue weighted by Crippen LogP contribution is 2.37. The third-order valence-electron chi connectivity index (χ3n) is 6.44. The molecule has 0 saturated carbocycles. The van der Waals surface area contributed by atoms with E-state index in [0.29, 0.717) is 18.7 Å². The number of benzene rings is 2. The molecule has 3 aromatic rings. The maximum Gasteiger partial charge on any atom is 0.246 e. The second-order valence-corrected chi connectivity index (χ2v) is 8.62. The number of Topliss-reactive ketones (excluding diaryl/α,β-unsaturated/α-hetero) is 1. The molecule has 6 nitrogen and oxygen atoms in total. The van der Waals surface area contributed by atoms with Crippen molar-refractivity contribution in [3.63, 3.8) is 0 Å². The van der Waals surface area contributed by atoms with Crippen molar-refractivity contribution in [2.24, 2.45) is 0 Å². The minimum atomic E-state index is 0.00259. The standard InChI is InChI=1S/C27H30N2O4/c1-17(23-15-24-18(2)16-33-27(24)19(3)26(23)32-5)14-25(31)29-12-10-28(11-13-29)22-8-6-21(7-9-22)20(4)30/h6-9,14-16H,10-13H2,1-5H3/b17-14+. The first-order valence-electron chi connectivity index (χ1n) is 11.2. The first-order valence-corrected chi connectivity index (χ1v) is 11.2. The quantitative estimate of drug-likeness (QED) is 0.407. The molecule has 1 amide bonds. The Kier molecular flexibility index (Phi) is 6.27. The Morgan fingerprint density at radius 3 is 2.30 bits per heavy atom. The number of carbonyl (C=O) groups is 2. The smallest absolute Gasteiger partial charge is 0.246 e. The Labute approximate surface area is 194 Å². The fourth-order valence-corrected chi connectivity index (χ4v) is 4.44. The molecule has 1 aliphatic heterocycles. The van der Waals surface area contributed by atoms with Crippen LogP contribution in [0, 0.1) is 13.8 Å². The average molecular weight is 447 g/mol. The number of hydrogen-bond donors (Lipinski definition) is 0. The molecule has 172 valence electrons. The van der Waals surface area contributed by atoms with Crippen molar-refractivity contribution in [3.05, 3.63) is 64.9 Å². The number of hydrogen-bond acceptors (Lipinski definition) is 5. The zero-order valence-corrected chi connectivity index (χ0v) is 19.9. The number of fused-ring (bicyclic) bond motifs is 1. The van der Waals surface area contributed by atoms with Crippen LogP contribution in [0.5, 0.6) is 5.75 Å². The highest BCUT2D eigenvalue weighted by molar-refractivity contribution is 5.98. The molecule has 4 rings (SSSR count). The van der Waals surface area contributed by atoms with E-state index in [0.717, 1.165) is 57.8 Å².